The smallest absolute Gasteiger partial charge is 0.254 e. The van der Waals surface area contributed by atoms with Gasteiger partial charge in [-0.15, -0.1) is 11.8 Å². The van der Waals surface area contributed by atoms with E-state index in [2.05, 4.69) is 16.0 Å². The Morgan fingerprint density at radius 1 is 0.980 bits per heavy atom. The van der Waals surface area contributed by atoms with E-state index in [0.29, 0.717) is 5.56 Å². The van der Waals surface area contributed by atoms with E-state index < -0.39 is 74.0 Å². The standard InChI is InChI=1S/C35H41FN4O7S2/c1-22-10-8-9-13-25(22)19-37-33(44)31-35(3,4)48-21-40(31)34(45)30(42)28(18-24-11-6-5-7-12-24)39-32(43)29(38-23(2)41)20-49(46,47)27-16-14-26(36)15-17-27/h5-17,28-31,42H,18-21H2,1-4H3,(H,37,44)(H,38,41)(H,39,43)/t28-,29+,30-,31+/m0/s1. The first-order valence-corrected chi connectivity index (χ1v) is 18.3. The first-order valence-electron chi connectivity index (χ1n) is 15.6. The lowest BCUT2D eigenvalue weighted by atomic mass is 9.97. The topological polar surface area (TPSA) is 162 Å². The van der Waals surface area contributed by atoms with Crippen molar-refractivity contribution in [3.05, 3.63) is 101 Å². The minimum absolute atomic E-state index is 0.0362. The third-order valence-electron chi connectivity index (χ3n) is 8.30. The number of rotatable bonds is 13. The minimum Gasteiger partial charge on any atom is -0.381 e. The van der Waals surface area contributed by atoms with Crippen molar-refractivity contribution in [3.8, 4) is 0 Å². The molecule has 49 heavy (non-hydrogen) atoms. The van der Waals surface area contributed by atoms with E-state index >= 15 is 0 Å². The van der Waals surface area contributed by atoms with Crippen LogP contribution in [-0.4, -0.2) is 82.7 Å². The lowest BCUT2D eigenvalue weighted by Crippen LogP contribution is -2.60. The summed E-state index contributed by atoms with van der Waals surface area (Å²) in [6, 6.07) is 16.5. The SMILES string of the molecule is CC(=O)N[C@H](CS(=O)(=O)c1ccc(F)cc1)C(=O)N[C@@H](Cc1ccccc1)[C@H](O)C(=O)N1CSC(C)(C)[C@H]1C(=O)NCc1ccccc1C. The number of sulfone groups is 1. The van der Waals surface area contributed by atoms with Crippen molar-refractivity contribution < 1.29 is 37.1 Å². The lowest BCUT2D eigenvalue weighted by molar-refractivity contribution is -0.148. The van der Waals surface area contributed by atoms with E-state index in [4.69, 9.17) is 0 Å². The molecule has 0 saturated carbocycles. The van der Waals surface area contributed by atoms with Crippen molar-refractivity contribution in [2.24, 2.45) is 0 Å². The molecule has 3 aromatic rings. The highest BCUT2D eigenvalue weighted by Gasteiger charge is 2.50. The Kier molecular flexibility index (Phi) is 12.2. The molecule has 262 valence electrons. The molecule has 4 rings (SSSR count). The molecule has 4 amide bonds. The maximum atomic E-state index is 14.0. The Labute approximate surface area is 290 Å². The molecule has 4 atom stereocenters. The maximum absolute atomic E-state index is 14.0. The van der Waals surface area contributed by atoms with Crippen LogP contribution in [0.2, 0.25) is 0 Å². The molecule has 0 radical (unpaired) electrons. The van der Waals surface area contributed by atoms with Crippen LogP contribution in [0.4, 0.5) is 4.39 Å². The molecular formula is C35H41FN4O7S2. The molecule has 1 saturated heterocycles. The van der Waals surface area contributed by atoms with E-state index in [0.717, 1.165) is 42.3 Å². The Bertz CT molecular complexity index is 1770. The zero-order valence-electron chi connectivity index (χ0n) is 27.7. The third-order valence-corrected chi connectivity index (χ3v) is 11.4. The number of hydrogen-bond donors (Lipinski definition) is 4. The summed E-state index contributed by atoms with van der Waals surface area (Å²) in [5.41, 5.74) is 2.56. The fourth-order valence-corrected chi connectivity index (χ4v) is 8.18. The predicted molar refractivity (Wildman–Crippen MR) is 184 cm³/mol. The van der Waals surface area contributed by atoms with E-state index in [-0.39, 0.29) is 23.7 Å². The van der Waals surface area contributed by atoms with E-state index in [1.54, 1.807) is 30.3 Å². The van der Waals surface area contributed by atoms with Crippen LogP contribution in [0.25, 0.3) is 0 Å². The van der Waals surface area contributed by atoms with Gasteiger partial charge in [0.1, 0.15) is 17.9 Å². The second-order valence-electron chi connectivity index (χ2n) is 12.5. The second-order valence-corrected chi connectivity index (χ2v) is 16.1. The normalized spacial score (nSPS) is 17.4. The van der Waals surface area contributed by atoms with Crippen LogP contribution in [0.3, 0.4) is 0 Å². The molecule has 0 aliphatic carbocycles. The van der Waals surface area contributed by atoms with Gasteiger partial charge < -0.3 is 26.0 Å². The van der Waals surface area contributed by atoms with Crippen LogP contribution in [-0.2, 0) is 42.0 Å². The van der Waals surface area contributed by atoms with Gasteiger partial charge in [0.25, 0.3) is 5.91 Å². The van der Waals surface area contributed by atoms with E-state index in [9.17, 15) is 37.1 Å². The number of hydrogen-bond acceptors (Lipinski definition) is 8. The van der Waals surface area contributed by atoms with Crippen molar-refractivity contribution in [1.29, 1.82) is 0 Å². The summed E-state index contributed by atoms with van der Waals surface area (Å²) < 4.78 is 39.0. The molecule has 11 nitrogen and oxygen atoms in total. The molecule has 4 N–H and O–H groups in total. The Morgan fingerprint density at radius 3 is 2.24 bits per heavy atom. The first kappa shape index (κ1) is 37.5. The zero-order chi connectivity index (χ0) is 35.9. The summed E-state index contributed by atoms with van der Waals surface area (Å²) in [7, 11) is -4.20. The van der Waals surface area contributed by atoms with Crippen LogP contribution < -0.4 is 16.0 Å². The Morgan fingerprint density at radius 2 is 1.61 bits per heavy atom. The number of amides is 4. The number of benzene rings is 3. The van der Waals surface area contributed by atoms with Gasteiger partial charge in [0.05, 0.1) is 22.6 Å². The van der Waals surface area contributed by atoms with Crippen LogP contribution in [0.15, 0.2) is 83.8 Å². The second kappa shape index (κ2) is 16.0. The third kappa shape index (κ3) is 9.67. The highest BCUT2D eigenvalue weighted by atomic mass is 32.2. The molecule has 0 aromatic heterocycles. The molecule has 0 bridgehead atoms. The number of nitrogens with zero attached hydrogens (tertiary/aromatic N) is 1. The van der Waals surface area contributed by atoms with Crippen LogP contribution in [0, 0.1) is 12.7 Å². The van der Waals surface area contributed by atoms with Crippen LogP contribution in [0.1, 0.15) is 37.5 Å². The number of thioether (sulfide) groups is 1. The number of halogens is 1. The highest BCUT2D eigenvalue weighted by Crippen LogP contribution is 2.40. The summed E-state index contributed by atoms with van der Waals surface area (Å²) in [5.74, 6) is -4.28. The molecule has 0 spiro atoms. The summed E-state index contributed by atoms with van der Waals surface area (Å²) in [5, 5.41) is 19.4. The van der Waals surface area contributed by atoms with Gasteiger partial charge in [-0.2, -0.15) is 0 Å². The molecular weight excluding hydrogens is 672 g/mol. The number of carbonyl (C=O) groups excluding carboxylic acids is 4. The molecule has 14 heteroatoms. The maximum Gasteiger partial charge on any atom is 0.254 e. The highest BCUT2D eigenvalue weighted by molar-refractivity contribution is 8.00. The van der Waals surface area contributed by atoms with Gasteiger partial charge in [-0.25, -0.2) is 12.8 Å². The van der Waals surface area contributed by atoms with E-state index in [1.165, 1.54) is 16.7 Å². The average Bonchev–Trinajstić information content (AvgIpc) is 3.37. The monoisotopic (exact) mass is 712 g/mol. The van der Waals surface area contributed by atoms with Gasteiger partial charge in [-0.3, -0.25) is 19.2 Å². The van der Waals surface area contributed by atoms with Gasteiger partial charge in [0, 0.05) is 18.2 Å². The quantitative estimate of drug-likeness (QED) is 0.197. The first-order chi connectivity index (χ1) is 23.1. The fraction of sp³-hybridized carbons (Fsp3) is 0.371. The number of aliphatic hydroxyl groups excluding tert-OH is 1. The van der Waals surface area contributed by atoms with Gasteiger partial charge in [0.2, 0.25) is 17.7 Å². The van der Waals surface area contributed by atoms with Gasteiger partial charge in [-0.1, -0.05) is 54.6 Å². The van der Waals surface area contributed by atoms with Crippen LogP contribution in [0.5, 0.6) is 0 Å². The van der Waals surface area contributed by atoms with Crippen molar-refractivity contribution in [3.63, 3.8) is 0 Å². The summed E-state index contributed by atoms with van der Waals surface area (Å²) in [6.07, 6.45) is -1.89. The summed E-state index contributed by atoms with van der Waals surface area (Å²) >= 11 is 1.37. The van der Waals surface area contributed by atoms with E-state index in [1.807, 2.05) is 45.0 Å². The van der Waals surface area contributed by atoms with Gasteiger partial charge in [0.15, 0.2) is 15.9 Å². The van der Waals surface area contributed by atoms with Crippen molar-refractivity contribution in [1.82, 2.24) is 20.9 Å². The lowest BCUT2D eigenvalue weighted by Gasteiger charge is -2.33. The Balaban J connectivity index is 1.58. The molecule has 1 fully saturated rings. The van der Waals surface area contributed by atoms with Crippen LogP contribution >= 0.6 is 11.8 Å². The average molecular weight is 713 g/mol. The Hall–Kier alpha value is -4.27. The molecule has 1 heterocycles. The number of nitrogens with one attached hydrogen (secondary N) is 3. The van der Waals surface area contributed by atoms with Gasteiger partial charge >= 0.3 is 0 Å². The number of carbonyl (C=O) groups is 4. The predicted octanol–water partition coefficient (Wildman–Crippen LogP) is 2.50. The summed E-state index contributed by atoms with van der Waals surface area (Å²) in [6.45, 7) is 6.95. The minimum atomic E-state index is -4.20. The van der Waals surface area contributed by atoms with Gasteiger partial charge in [-0.05, 0) is 68.1 Å². The molecule has 1 aliphatic heterocycles. The number of aliphatic hydroxyl groups is 1. The van der Waals surface area contributed by atoms with Crippen molar-refractivity contribution in [2.75, 3.05) is 11.6 Å². The zero-order valence-corrected chi connectivity index (χ0v) is 29.3. The molecule has 1 aliphatic rings. The number of aryl methyl sites for hydroxylation is 1. The van der Waals surface area contributed by atoms with Crippen molar-refractivity contribution in [2.45, 2.75) is 74.5 Å². The molecule has 3 aromatic carbocycles. The molecule has 0 unspecified atom stereocenters. The largest absolute Gasteiger partial charge is 0.381 e. The summed E-state index contributed by atoms with van der Waals surface area (Å²) in [4.78, 5) is 54.4. The fourth-order valence-electron chi connectivity index (χ4n) is 5.62. The van der Waals surface area contributed by atoms with Crippen molar-refractivity contribution >= 4 is 45.2 Å².